The van der Waals surface area contributed by atoms with E-state index in [1.807, 2.05) is 6.92 Å². The van der Waals surface area contributed by atoms with Crippen molar-refractivity contribution in [1.29, 1.82) is 0 Å². The number of hydrogen-bond acceptors (Lipinski definition) is 9. The highest BCUT2D eigenvalue weighted by Gasteiger charge is 2.33. The maximum absolute atomic E-state index is 13.1. The quantitative estimate of drug-likeness (QED) is 0.147. The van der Waals surface area contributed by atoms with Crippen LogP contribution in [0, 0.1) is 23.7 Å². The molecule has 0 aromatic heterocycles. The van der Waals surface area contributed by atoms with Crippen molar-refractivity contribution in [3.8, 4) is 11.5 Å². The molecule has 0 spiro atoms. The Bertz CT molecular complexity index is 1260. The zero-order valence-corrected chi connectivity index (χ0v) is 25.4. The number of thiocarbonyl (C=S) groups is 1. The maximum atomic E-state index is 13.1. The van der Waals surface area contributed by atoms with E-state index in [1.165, 1.54) is 0 Å². The monoisotopic (exact) mass is 599 g/mol. The molecule has 8 nitrogen and oxygen atoms in total. The van der Waals surface area contributed by atoms with Crippen molar-refractivity contribution in [2.24, 2.45) is 23.7 Å². The molecule has 3 fully saturated rings. The molecule has 1 aromatic carbocycles. The lowest BCUT2D eigenvalue weighted by Crippen LogP contribution is -2.28. The van der Waals surface area contributed by atoms with Crippen LogP contribution in [0.4, 0.5) is 0 Å². The molecule has 1 aromatic rings. The topological polar surface area (TPSA) is 107 Å². The molecule has 4 rings (SSSR count). The van der Waals surface area contributed by atoms with Gasteiger partial charge >= 0.3 is 11.9 Å². The van der Waals surface area contributed by atoms with Crippen LogP contribution >= 0.6 is 24.0 Å². The van der Waals surface area contributed by atoms with Gasteiger partial charge in [0.25, 0.3) is 0 Å². The number of esters is 2. The Morgan fingerprint density at radius 1 is 0.878 bits per heavy atom. The Hall–Kier alpha value is -2.85. The van der Waals surface area contributed by atoms with Crippen LogP contribution in [0.25, 0.3) is 6.08 Å². The Morgan fingerprint density at radius 3 is 1.90 bits per heavy atom. The van der Waals surface area contributed by atoms with Gasteiger partial charge in [-0.2, -0.15) is 0 Å². The zero-order chi connectivity index (χ0) is 29.7. The Labute approximate surface area is 250 Å². The maximum Gasteiger partial charge on any atom is 0.314 e. The summed E-state index contributed by atoms with van der Waals surface area (Å²) in [5.74, 6) is -0.524. The molecule has 0 bridgehead atoms. The molecular weight excluding hydrogens is 562 g/mol. The second-order valence-electron chi connectivity index (χ2n) is 11.2. The van der Waals surface area contributed by atoms with Gasteiger partial charge in [0.1, 0.15) is 27.4 Å². The van der Waals surface area contributed by atoms with Gasteiger partial charge in [0.2, 0.25) is 5.12 Å². The van der Waals surface area contributed by atoms with Gasteiger partial charge in [0.15, 0.2) is 0 Å². The number of ketones is 2. The molecule has 1 heterocycles. The average Bonchev–Trinajstić information content (AvgIpc) is 3.21. The van der Waals surface area contributed by atoms with Crippen LogP contribution in [0.2, 0.25) is 0 Å². The van der Waals surface area contributed by atoms with Crippen molar-refractivity contribution in [3.63, 3.8) is 0 Å². The number of carbonyl (C=O) groups excluding carboxylic acids is 5. The van der Waals surface area contributed by atoms with Crippen molar-refractivity contribution >= 4 is 63.0 Å². The Balaban J connectivity index is 1.56. The van der Waals surface area contributed by atoms with Gasteiger partial charge in [0, 0.05) is 23.9 Å². The molecule has 220 valence electrons. The zero-order valence-electron chi connectivity index (χ0n) is 23.8. The van der Waals surface area contributed by atoms with E-state index in [2.05, 4.69) is 0 Å². The van der Waals surface area contributed by atoms with E-state index < -0.39 is 0 Å². The van der Waals surface area contributed by atoms with E-state index in [0.29, 0.717) is 73.5 Å². The molecule has 0 N–H and O–H groups in total. The van der Waals surface area contributed by atoms with Crippen LogP contribution in [0.5, 0.6) is 11.5 Å². The number of carbonyl (C=O) groups is 5. The van der Waals surface area contributed by atoms with Crippen LogP contribution < -0.4 is 9.47 Å². The molecule has 41 heavy (non-hydrogen) atoms. The van der Waals surface area contributed by atoms with Crippen LogP contribution in [0.15, 0.2) is 23.9 Å². The van der Waals surface area contributed by atoms with Gasteiger partial charge in [-0.3, -0.25) is 24.0 Å². The van der Waals surface area contributed by atoms with Crippen molar-refractivity contribution in [3.05, 3.63) is 29.5 Å². The molecule has 1 saturated heterocycles. The first-order valence-corrected chi connectivity index (χ1v) is 15.6. The fourth-order valence-electron chi connectivity index (χ4n) is 5.77. The standard InChI is InChI=1S/C31H37NO7S2/c1-4-15-32-26(30(37)41-31(32)40)17-24-16-25(38-28(35)22-9-5-20(6-10-22)18(2)33)13-14-27(24)39-29(36)23-11-7-21(8-12-23)19(3)34/h13-14,16-17,20-23H,4-12,15H2,1-3H3/b26-17-. The highest BCUT2D eigenvalue weighted by Crippen LogP contribution is 2.36. The summed E-state index contributed by atoms with van der Waals surface area (Å²) in [6.45, 7) is 5.73. The van der Waals surface area contributed by atoms with Crippen LogP contribution in [0.1, 0.15) is 84.1 Å². The van der Waals surface area contributed by atoms with Crippen molar-refractivity contribution < 1.29 is 33.4 Å². The number of hydrogen-bond donors (Lipinski definition) is 0. The average molecular weight is 600 g/mol. The predicted octanol–water partition coefficient (Wildman–Crippen LogP) is 5.90. The molecule has 1 aliphatic heterocycles. The van der Waals surface area contributed by atoms with Crippen molar-refractivity contribution in [2.45, 2.75) is 78.6 Å². The third kappa shape index (κ3) is 7.71. The summed E-state index contributed by atoms with van der Waals surface area (Å²) in [5.41, 5.74) is 0.809. The Kier molecular flexibility index (Phi) is 10.5. The second kappa shape index (κ2) is 13.9. The third-order valence-electron chi connectivity index (χ3n) is 8.32. The first kappa shape index (κ1) is 31.1. The summed E-state index contributed by atoms with van der Waals surface area (Å²) in [6.07, 6.45) is 7.41. The number of Topliss-reactive ketones (excluding diaryl/α,β-unsaturated/α-hetero) is 2. The predicted molar refractivity (Wildman–Crippen MR) is 160 cm³/mol. The number of thioether (sulfide) groups is 1. The van der Waals surface area contributed by atoms with E-state index in [9.17, 15) is 24.0 Å². The van der Waals surface area contributed by atoms with E-state index in [1.54, 1.807) is 43.0 Å². The van der Waals surface area contributed by atoms with E-state index in [4.69, 9.17) is 21.7 Å². The van der Waals surface area contributed by atoms with E-state index in [-0.39, 0.29) is 63.8 Å². The van der Waals surface area contributed by atoms with Gasteiger partial charge in [-0.15, -0.1) is 0 Å². The number of rotatable bonds is 9. The summed E-state index contributed by atoms with van der Waals surface area (Å²) in [5, 5.41) is -0.201. The first-order chi connectivity index (χ1) is 19.6. The summed E-state index contributed by atoms with van der Waals surface area (Å²) in [6, 6.07) is 4.76. The summed E-state index contributed by atoms with van der Waals surface area (Å²) >= 11 is 6.38. The van der Waals surface area contributed by atoms with Crippen LogP contribution in [-0.2, 0) is 24.0 Å². The summed E-state index contributed by atoms with van der Waals surface area (Å²) in [7, 11) is 0. The smallest absolute Gasteiger partial charge is 0.314 e. The Morgan fingerprint density at radius 2 is 1.39 bits per heavy atom. The molecule has 0 radical (unpaired) electrons. The number of nitrogens with zero attached hydrogens (tertiary/aromatic N) is 1. The highest BCUT2D eigenvalue weighted by atomic mass is 32.2. The van der Waals surface area contributed by atoms with Crippen LogP contribution in [0.3, 0.4) is 0 Å². The molecule has 2 aliphatic carbocycles. The minimum absolute atomic E-state index is 0.00252. The lowest BCUT2D eigenvalue weighted by atomic mass is 9.80. The lowest BCUT2D eigenvalue weighted by molar-refractivity contribution is -0.142. The molecule has 10 heteroatoms. The number of ether oxygens (including phenoxy) is 2. The second-order valence-corrected chi connectivity index (χ2v) is 12.8. The van der Waals surface area contributed by atoms with Gasteiger partial charge in [-0.05, 0) is 108 Å². The van der Waals surface area contributed by atoms with Gasteiger partial charge in [-0.25, -0.2) is 0 Å². The highest BCUT2D eigenvalue weighted by molar-refractivity contribution is 8.33. The van der Waals surface area contributed by atoms with E-state index >= 15 is 0 Å². The van der Waals surface area contributed by atoms with Crippen molar-refractivity contribution in [2.75, 3.05) is 6.54 Å². The minimum atomic E-state index is -0.383. The fraction of sp³-hybridized carbons (Fsp3) is 0.548. The van der Waals surface area contributed by atoms with Crippen LogP contribution in [-0.4, -0.2) is 44.4 Å². The SMILES string of the molecule is CCCN1C(=S)SC(=O)/C1=C/c1cc(OC(=O)C2CCC(C(C)=O)CC2)ccc1OC(=O)C1CCC(C(C)=O)CC1. The van der Waals surface area contributed by atoms with Crippen molar-refractivity contribution in [1.82, 2.24) is 4.90 Å². The molecule has 2 saturated carbocycles. The molecule has 0 amide bonds. The molecular formula is C31H37NO7S2. The summed E-state index contributed by atoms with van der Waals surface area (Å²) < 4.78 is 12.0. The lowest BCUT2D eigenvalue weighted by Gasteiger charge is -2.26. The largest absolute Gasteiger partial charge is 0.426 e. The van der Waals surface area contributed by atoms with E-state index in [0.717, 1.165) is 18.2 Å². The normalized spacial score (nSPS) is 25.7. The number of benzene rings is 1. The molecule has 0 unspecified atom stereocenters. The first-order valence-electron chi connectivity index (χ1n) is 14.4. The minimum Gasteiger partial charge on any atom is -0.426 e. The summed E-state index contributed by atoms with van der Waals surface area (Å²) in [4.78, 5) is 64.1. The molecule has 3 aliphatic rings. The third-order valence-corrected chi connectivity index (χ3v) is 9.58. The van der Waals surface area contributed by atoms with Gasteiger partial charge in [-0.1, -0.05) is 19.1 Å². The van der Waals surface area contributed by atoms with Gasteiger partial charge < -0.3 is 14.4 Å². The van der Waals surface area contributed by atoms with Gasteiger partial charge in [0.05, 0.1) is 17.5 Å². The fourth-order valence-corrected chi connectivity index (χ4v) is 6.92. The molecule has 0 atom stereocenters.